The molecule has 1 N–H and O–H groups in total. The summed E-state index contributed by atoms with van der Waals surface area (Å²) in [6, 6.07) is 15.5. The van der Waals surface area contributed by atoms with E-state index >= 15 is 0 Å². The zero-order valence-electron chi connectivity index (χ0n) is 15.5. The van der Waals surface area contributed by atoms with E-state index in [0.717, 1.165) is 29.5 Å². The molecule has 4 nitrogen and oxygen atoms in total. The standard InChI is InChI=1S/C21H24ClN3OS/c1-16-10-11-19(18(22)14-16)24-20(26)15-27-21(25-12-6-3-7-13-25)23-17-8-4-2-5-9-17/h2,4-5,8-11,14H,3,6-7,12-13,15H2,1H3,(H,24,26). The molecule has 1 aliphatic heterocycles. The van der Waals surface area contributed by atoms with Crippen LogP contribution in [-0.4, -0.2) is 34.8 Å². The quantitative estimate of drug-likeness (QED) is 0.543. The summed E-state index contributed by atoms with van der Waals surface area (Å²) in [7, 11) is 0. The minimum atomic E-state index is -0.0801. The number of anilines is 1. The molecule has 27 heavy (non-hydrogen) atoms. The van der Waals surface area contributed by atoms with Crippen molar-refractivity contribution in [2.45, 2.75) is 26.2 Å². The van der Waals surface area contributed by atoms with Crippen molar-refractivity contribution in [3.8, 4) is 0 Å². The monoisotopic (exact) mass is 401 g/mol. The Morgan fingerprint density at radius 2 is 1.89 bits per heavy atom. The van der Waals surface area contributed by atoms with Crippen LogP contribution >= 0.6 is 23.4 Å². The summed E-state index contributed by atoms with van der Waals surface area (Å²) >= 11 is 7.69. The third-order valence-corrected chi connectivity index (χ3v) is 5.67. The lowest BCUT2D eigenvalue weighted by Gasteiger charge is -2.29. The fourth-order valence-corrected chi connectivity index (χ4v) is 4.08. The molecule has 2 aromatic carbocycles. The Bertz CT molecular complexity index is 804. The van der Waals surface area contributed by atoms with Crippen molar-refractivity contribution >= 4 is 45.8 Å². The molecular formula is C21H24ClN3OS. The average molecular weight is 402 g/mol. The number of hydrogen-bond acceptors (Lipinski definition) is 3. The first-order valence-electron chi connectivity index (χ1n) is 9.19. The third kappa shape index (κ3) is 6.01. The zero-order valence-corrected chi connectivity index (χ0v) is 17.0. The molecule has 2 aromatic rings. The number of piperidine rings is 1. The van der Waals surface area contributed by atoms with Gasteiger partial charge >= 0.3 is 0 Å². The molecule has 0 unspecified atom stereocenters. The van der Waals surface area contributed by atoms with E-state index in [4.69, 9.17) is 16.6 Å². The van der Waals surface area contributed by atoms with Crippen LogP contribution in [-0.2, 0) is 4.79 Å². The van der Waals surface area contributed by atoms with Crippen LogP contribution in [0.1, 0.15) is 24.8 Å². The highest BCUT2D eigenvalue weighted by Gasteiger charge is 2.17. The first kappa shape index (κ1) is 19.8. The number of amidine groups is 1. The smallest absolute Gasteiger partial charge is 0.234 e. The second-order valence-electron chi connectivity index (χ2n) is 6.60. The molecule has 142 valence electrons. The van der Waals surface area contributed by atoms with Crippen LogP contribution in [0.3, 0.4) is 0 Å². The van der Waals surface area contributed by atoms with Crippen LogP contribution in [0.2, 0.25) is 5.02 Å². The van der Waals surface area contributed by atoms with Crippen LogP contribution < -0.4 is 5.32 Å². The summed E-state index contributed by atoms with van der Waals surface area (Å²) in [4.78, 5) is 19.5. The van der Waals surface area contributed by atoms with Gasteiger partial charge in [0.1, 0.15) is 0 Å². The van der Waals surface area contributed by atoms with Crippen molar-refractivity contribution in [2.75, 3.05) is 24.2 Å². The molecule has 1 aliphatic rings. The number of nitrogens with zero attached hydrogens (tertiary/aromatic N) is 2. The Balaban J connectivity index is 1.66. The molecule has 0 aliphatic carbocycles. The number of carbonyl (C=O) groups is 1. The van der Waals surface area contributed by atoms with E-state index in [2.05, 4.69) is 10.2 Å². The lowest BCUT2D eigenvalue weighted by Crippen LogP contribution is -2.34. The molecule has 0 atom stereocenters. The molecule has 0 aromatic heterocycles. The lowest BCUT2D eigenvalue weighted by atomic mass is 10.1. The number of likely N-dealkylation sites (tertiary alicyclic amines) is 1. The number of hydrogen-bond donors (Lipinski definition) is 1. The maximum Gasteiger partial charge on any atom is 0.234 e. The Morgan fingerprint density at radius 3 is 2.59 bits per heavy atom. The van der Waals surface area contributed by atoms with Crippen molar-refractivity contribution in [3.63, 3.8) is 0 Å². The molecule has 0 bridgehead atoms. The second-order valence-corrected chi connectivity index (χ2v) is 7.95. The number of rotatable bonds is 4. The van der Waals surface area contributed by atoms with Gasteiger partial charge in [-0.3, -0.25) is 4.79 Å². The zero-order chi connectivity index (χ0) is 19.1. The number of thioether (sulfide) groups is 1. The van der Waals surface area contributed by atoms with Crippen molar-refractivity contribution in [1.29, 1.82) is 0 Å². The van der Waals surface area contributed by atoms with Crippen molar-refractivity contribution in [3.05, 3.63) is 59.1 Å². The van der Waals surface area contributed by atoms with Gasteiger partial charge in [0.25, 0.3) is 0 Å². The molecular weight excluding hydrogens is 378 g/mol. The molecule has 1 fully saturated rings. The van der Waals surface area contributed by atoms with Gasteiger partial charge in [-0.2, -0.15) is 0 Å². The van der Waals surface area contributed by atoms with Gasteiger partial charge in [-0.1, -0.05) is 47.6 Å². The van der Waals surface area contributed by atoms with E-state index < -0.39 is 0 Å². The van der Waals surface area contributed by atoms with Gasteiger partial charge in [0, 0.05) is 13.1 Å². The van der Waals surface area contributed by atoms with Crippen LogP contribution in [0.4, 0.5) is 11.4 Å². The number of carbonyl (C=O) groups excluding carboxylic acids is 1. The van der Waals surface area contributed by atoms with Gasteiger partial charge in [-0.25, -0.2) is 4.99 Å². The molecule has 0 saturated carbocycles. The van der Waals surface area contributed by atoms with Crippen LogP contribution in [0.25, 0.3) is 0 Å². The first-order chi connectivity index (χ1) is 13.1. The number of halogens is 1. The predicted molar refractivity (Wildman–Crippen MR) is 116 cm³/mol. The minimum absolute atomic E-state index is 0.0801. The highest BCUT2D eigenvalue weighted by Crippen LogP contribution is 2.24. The van der Waals surface area contributed by atoms with Crippen molar-refractivity contribution in [2.24, 2.45) is 4.99 Å². The predicted octanol–water partition coefficient (Wildman–Crippen LogP) is 5.49. The summed E-state index contributed by atoms with van der Waals surface area (Å²) in [5, 5.41) is 4.36. The minimum Gasteiger partial charge on any atom is -0.351 e. The lowest BCUT2D eigenvalue weighted by molar-refractivity contribution is -0.113. The number of aliphatic imine (C=N–C) groups is 1. The highest BCUT2D eigenvalue weighted by molar-refractivity contribution is 8.14. The van der Waals surface area contributed by atoms with E-state index in [1.54, 1.807) is 0 Å². The van der Waals surface area contributed by atoms with E-state index in [1.165, 1.54) is 31.0 Å². The SMILES string of the molecule is Cc1ccc(NC(=O)CSC(=Nc2ccccc2)N2CCCCC2)c(Cl)c1. The fraction of sp³-hybridized carbons (Fsp3) is 0.333. The summed E-state index contributed by atoms with van der Waals surface area (Å²) in [5.41, 5.74) is 2.62. The second kappa shape index (κ2) is 9.81. The molecule has 1 heterocycles. The van der Waals surface area contributed by atoms with E-state index in [0.29, 0.717) is 16.5 Å². The van der Waals surface area contributed by atoms with Gasteiger partial charge in [0.2, 0.25) is 5.91 Å². The van der Waals surface area contributed by atoms with Gasteiger partial charge in [0.05, 0.1) is 22.2 Å². The number of para-hydroxylation sites is 1. The molecule has 1 amide bonds. The average Bonchev–Trinajstić information content (AvgIpc) is 2.69. The summed E-state index contributed by atoms with van der Waals surface area (Å²) in [6.45, 7) is 3.95. The Hall–Kier alpha value is -1.98. The van der Waals surface area contributed by atoms with Gasteiger partial charge in [0.15, 0.2) is 5.17 Å². The molecule has 6 heteroatoms. The first-order valence-corrected chi connectivity index (χ1v) is 10.6. The third-order valence-electron chi connectivity index (χ3n) is 4.34. The Morgan fingerprint density at radius 1 is 1.15 bits per heavy atom. The normalized spacial score (nSPS) is 14.9. The molecule has 0 radical (unpaired) electrons. The highest BCUT2D eigenvalue weighted by atomic mass is 35.5. The summed E-state index contributed by atoms with van der Waals surface area (Å²) in [5.74, 6) is 0.218. The topological polar surface area (TPSA) is 44.7 Å². The maximum atomic E-state index is 12.4. The molecule has 0 spiro atoms. The number of amides is 1. The molecule has 3 rings (SSSR count). The number of aryl methyl sites for hydroxylation is 1. The largest absolute Gasteiger partial charge is 0.351 e. The van der Waals surface area contributed by atoms with Gasteiger partial charge in [-0.05, 0) is 56.0 Å². The van der Waals surface area contributed by atoms with Gasteiger partial charge < -0.3 is 10.2 Å². The van der Waals surface area contributed by atoms with Crippen LogP contribution in [0.15, 0.2) is 53.5 Å². The van der Waals surface area contributed by atoms with Crippen molar-refractivity contribution < 1.29 is 4.79 Å². The Kier molecular flexibility index (Phi) is 7.18. The Labute approximate surface area is 170 Å². The number of benzene rings is 2. The van der Waals surface area contributed by atoms with Gasteiger partial charge in [-0.15, -0.1) is 0 Å². The number of nitrogens with one attached hydrogen (secondary N) is 1. The van der Waals surface area contributed by atoms with E-state index in [9.17, 15) is 4.79 Å². The maximum absolute atomic E-state index is 12.4. The fourth-order valence-electron chi connectivity index (χ4n) is 2.93. The summed E-state index contributed by atoms with van der Waals surface area (Å²) < 4.78 is 0. The molecule has 1 saturated heterocycles. The summed E-state index contributed by atoms with van der Waals surface area (Å²) in [6.07, 6.45) is 3.59. The van der Waals surface area contributed by atoms with Crippen LogP contribution in [0, 0.1) is 6.92 Å². The van der Waals surface area contributed by atoms with E-state index in [1.807, 2.05) is 55.5 Å². The van der Waals surface area contributed by atoms with Crippen molar-refractivity contribution in [1.82, 2.24) is 4.90 Å². The van der Waals surface area contributed by atoms with Crippen LogP contribution in [0.5, 0.6) is 0 Å². The van der Waals surface area contributed by atoms with E-state index in [-0.39, 0.29) is 5.91 Å².